The van der Waals surface area contributed by atoms with E-state index in [4.69, 9.17) is 13.8 Å². The smallest absolute Gasteiger partial charge is 0.397 e. The Morgan fingerprint density at radius 3 is 2.17 bits per heavy atom. The van der Waals surface area contributed by atoms with Crippen LogP contribution in [0.4, 0.5) is 11.4 Å². The quantitative estimate of drug-likeness (QED) is 0.175. The number of aromatic carboxylic acids is 1. The molecule has 0 bridgehead atoms. The molecule has 0 saturated heterocycles. The third-order valence-corrected chi connectivity index (χ3v) is 8.27. The number of carbonyl (C=O) groups is 1. The minimum atomic E-state index is -4.85. The number of hydrogen-bond acceptors (Lipinski definition) is 12. The first-order chi connectivity index (χ1) is 18.4. The van der Waals surface area contributed by atoms with Gasteiger partial charge in [-0.25, -0.2) is 22.1 Å². The molecule has 3 aromatic rings. The Morgan fingerprint density at radius 2 is 1.65 bits per heavy atom. The lowest BCUT2D eigenvalue weighted by atomic mass is 10.2. The molecular formula is C20H20N4O13S3. The van der Waals surface area contributed by atoms with Crippen molar-refractivity contribution in [1.82, 2.24) is 9.78 Å². The molecule has 1 heterocycles. The maximum atomic E-state index is 12.9. The minimum absolute atomic E-state index is 0.00214. The van der Waals surface area contributed by atoms with Gasteiger partial charge in [0.2, 0.25) is 0 Å². The highest BCUT2D eigenvalue weighted by Gasteiger charge is 2.23. The van der Waals surface area contributed by atoms with Crippen LogP contribution in [-0.2, 0) is 34.5 Å². The summed E-state index contributed by atoms with van der Waals surface area (Å²) in [5.74, 6) is -2.55. The normalized spacial score (nSPS) is 12.6. The number of nitrogens with one attached hydrogen (secondary N) is 1. The van der Waals surface area contributed by atoms with E-state index in [0.29, 0.717) is 0 Å². The van der Waals surface area contributed by atoms with Crippen LogP contribution in [0.5, 0.6) is 5.75 Å². The summed E-state index contributed by atoms with van der Waals surface area (Å²) in [5.41, 5.74) is -2.33. The van der Waals surface area contributed by atoms with Gasteiger partial charge in [0, 0.05) is 6.07 Å². The lowest BCUT2D eigenvalue weighted by Crippen LogP contribution is -2.16. The fourth-order valence-corrected chi connectivity index (χ4v) is 5.55. The standard InChI is InChI=1S/C20H20N4O13S3/c1-11-9-14(15(36-2)10-16(11)38(28,29)8-7-37-40(33,34)35)21-22-17-18(20(26)27)23-24(19(17)25)12-3-5-13(6-4-12)39(30,31)32/h3-6,9-10,23H,7-8H2,1-2H3,(H,26,27)(H,30,31,32)(H,33,34,35). The molecular weight excluding hydrogens is 600 g/mol. The Kier molecular flexibility index (Phi) is 8.62. The zero-order chi connectivity index (χ0) is 30.0. The highest BCUT2D eigenvalue weighted by Crippen LogP contribution is 2.34. The average Bonchev–Trinajstić information content (AvgIpc) is 3.17. The topological polar surface area (TPSA) is 261 Å². The second kappa shape index (κ2) is 11.3. The first-order valence-corrected chi connectivity index (χ1v) is 15.0. The summed E-state index contributed by atoms with van der Waals surface area (Å²) in [6.07, 6.45) is 0. The van der Waals surface area contributed by atoms with Crippen molar-refractivity contribution in [2.45, 2.75) is 16.7 Å². The number of rotatable bonds is 11. The Bertz CT molecular complexity index is 1870. The van der Waals surface area contributed by atoms with E-state index in [1.165, 1.54) is 20.1 Å². The van der Waals surface area contributed by atoms with Gasteiger partial charge in [0.05, 0.1) is 34.9 Å². The van der Waals surface area contributed by atoms with Crippen LogP contribution in [-0.4, -0.2) is 74.7 Å². The molecule has 40 heavy (non-hydrogen) atoms. The van der Waals surface area contributed by atoms with Crippen molar-refractivity contribution >= 4 is 47.7 Å². The van der Waals surface area contributed by atoms with Crippen molar-refractivity contribution in [2.75, 3.05) is 19.5 Å². The van der Waals surface area contributed by atoms with E-state index in [-0.39, 0.29) is 27.6 Å². The number of aromatic amines is 1. The molecule has 4 N–H and O–H groups in total. The van der Waals surface area contributed by atoms with Crippen molar-refractivity contribution in [2.24, 2.45) is 10.2 Å². The number of hydrogen-bond donors (Lipinski definition) is 4. The SMILES string of the molecule is COc1cc(S(=O)(=O)CCOS(=O)(=O)O)c(C)cc1N=Nc1c(C(=O)O)[nH]n(-c2ccc(S(=O)(=O)O)cc2)c1=O. The molecule has 0 unspecified atom stereocenters. The minimum Gasteiger partial charge on any atom is -0.494 e. The van der Waals surface area contributed by atoms with E-state index in [0.717, 1.165) is 35.0 Å². The van der Waals surface area contributed by atoms with Gasteiger partial charge in [0.25, 0.3) is 15.7 Å². The molecule has 2 aromatic carbocycles. The van der Waals surface area contributed by atoms with Crippen LogP contribution in [0.15, 0.2) is 61.2 Å². The van der Waals surface area contributed by atoms with Gasteiger partial charge in [-0.3, -0.25) is 19.0 Å². The highest BCUT2D eigenvalue weighted by atomic mass is 32.3. The number of methoxy groups -OCH3 is 1. The number of H-pyrrole nitrogens is 1. The van der Waals surface area contributed by atoms with Crippen molar-refractivity contribution in [3.05, 3.63) is 58.0 Å². The van der Waals surface area contributed by atoms with Crippen LogP contribution in [0.25, 0.3) is 5.69 Å². The summed E-state index contributed by atoms with van der Waals surface area (Å²) >= 11 is 0. The van der Waals surface area contributed by atoms with Gasteiger partial charge in [-0.05, 0) is 42.8 Å². The molecule has 0 radical (unpaired) electrons. The predicted molar refractivity (Wildman–Crippen MR) is 135 cm³/mol. The van der Waals surface area contributed by atoms with Crippen LogP contribution in [0.1, 0.15) is 16.1 Å². The lowest BCUT2D eigenvalue weighted by molar-refractivity contribution is 0.0690. The monoisotopic (exact) mass is 620 g/mol. The molecule has 20 heteroatoms. The zero-order valence-corrected chi connectivity index (χ0v) is 22.8. The average molecular weight is 621 g/mol. The zero-order valence-electron chi connectivity index (χ0n) is 20.4. The van der Waals surface area contributed by atoms with E-state index in [9.17, 15) is 39.9 Å². The molecule has 0 amide bonds. The number of sulfone groups is 1. The number of carboxylic acids is 1. The van der Waals surface area contributed by atoms with E-state index in [2.05, 4.69) is 19.5 Å². The molecule has 216 valence electrons. The molecule has 17 nitrogen and oxygen atoms in total. The van der Waals surface area contributed by atoms with Crippen LogP contribution in [0.2, 0.25) is 0 Å². The van der Waals surface area contributed by atoms with E-state index < -0.39 is 70.5 Å². The van der Waals surface area contributed by atoms with E-state index in [1.807, 2.05) is 0 Å². The lowest BCUT2D eigenvalue weighted by Gasteiger charge is -2.11. The molecule has 0 spiro atoms. The summed E-state index contributed by atoms with van der Waals surface area (Å²) < 4.78 is 96.8. The number of azo groups is 1. The predicted octanol–water partition coefficient (Wildman–Crippen LogP) is 1.44. The summed E-state index contributed by atoms with van der Waals surface area (Å²) in [4.78, 5) is 23.9. The Balaban J connectivity index is 2.01. The van der Waals surface area contributed by atoms with E-state index in [1.54, 1.807) is 0 Å². The molecule has 0 saturated carbocycles. The van der Waals surface area contributed by atoms with Crippen LogP contribution in [0, 0.1) is 6.92 Å². The van der Waals surface area contributed by atoms with Gasteiger partial charge >= 0.3 is 16.4 Å². The second-order valence-electron chi connectivity index (χ2n) is 7.81. The van der Waals surface area contributed by atoms with Gasteiger partial charge in [0.15, 0.2) is 21.2 Å². The molecule has 3 rings (SSSR count). The number of aryl methyl sites for hydroxylation is 1. The third-order valence-electron chi connectivity index (χ3n) is 5.13. The first-order valence-electron chi connectivity index (χ1n) is 10.6. The van der Waals surface area contributed by atoms with Crippen molar-refractivity contribution in [1.29, 1.82) is 0 Å². The molecule has 0 aliphatic carbocycles. The number of benzene rings is 2. The van der Waals surface area contributed by atoms with Gasteiger partial charge in [0.1, 0.15) is 11.4 Å². The van der Waals surface area contributed by atoms with Gasteiger partial charge < -0.3 is 9.84 Å². The van der Waals surface area contributed by atoms with Gasteiger partial charge in [-0.1, -0.05) is 0 Å². The number of ether oxygens (including phenoxy) is 1. The molecule has 0 atom stereocenters. The molecule has 0 aliphatic heterocycles. The summed E-state index contributed by atoms with van der Waals surface area (Å²) in [6.45, 7) is 0.512. The van der Waals surface area contributed by atoms with Crippen molar-refractivity contribution in [3.63, 3.8) is 0 Å². The fraction of sp³-hybridized carbons (Fsp3) is 0.200. The maximum Gasteiger partial charge on any atom is 0.397 e. The van der Waals surface area contributed by atoms with Crippen molar-refractivity contribution < 1.29 is 53.2 Å². The molecule has 1 aromatic heterocycles. The van der Waals surface area contributed by atoms with Gasteiger partial charge in [-0.2, -0.15) is 16.8 Å². The molecule has 0 aliphatic rings. The summed E-state index contributed by atoms with van der Waals surface area (Å²) in [6, 6.07) is 6.48. The number of nitrogens with zero attached hydrogens (tertiary/aromatic N) is 3. The number of aromatic nitrogens is 2. The Morgan fingerprint density at radius 1 is 1.02 bits per heavy atom. The maximum absolute atomic E-state index is 12.9. The summed E-state index contributed by atoms with van der Waals surface area (Å²) in [5, 5.41) is 19.4. The molecule has 0 fully saturated rings. The summed E-state index contributed by atoms with van der Waals surface area (Å²) in [7, 11) is -12.3. The first kappa shape index (κ1) is 30.6. The van der Waals surface area contributed by atoms with Crippen LogP contribution in [0.3, 0.4) is 0 Å². The van der Waals surface area contributed by atoms with Crippen LogP contribution >= 0.6 is 0 Å². The van der Waals surface area contributed by atoms with Crippen LogP contribution < -0.4 is 10.3 Å². The Labute approximate surface area is 226 Å². The largest absolute Gasteiger partial charge is 0.494 e. The van der Waals surface area contributed by atoms with Gasteiger partial charge in [-0.15, -0.1) is 10.2 Å². The third kappa shape index (κ3) is 6.97. The fourth-order valence-electron chi connectivity index (χ4n) is 3.31. The number of carboxylic acid groups (broad SMARTS) is 1. The second-order valence-corrected chi connectivity index (χ2v) is 12.4. The Hall–Kier alpha value is -3.95. The van der Waals surface area contributed by atoms with E-state index >= 15 is 0 Å². The highest BCUT2D eigenvalue weighted by molar-refractivity contribution is 7.91. The van der Waals surface area contributed by atoms with Crippen molar-refractivity contribution in [3.8, 4) is 11.4 Å².